The molecule has 4 rings (SSSR count). The van der Waals surface area contributed by atoms with E-state index in [0.717, 1.165) is 5.56 Å². The topological polar surface area (TPSA) is 90.4 Å². The zero-order chi connectivity index (χ0) is 20.9. The number of carbonyl (C=O) groups is 1. The number of hydrogen-bond donors (Lipinski definition) is 1. The number of ether oxygens (including phenoxy) is 1. The minimum Gasteiger partial charge on any atom is -0.490 e. The van der Waals surface area contributed by atoms with Crippen molar-refractivity contribution in [2.24, 2.45) is 0 Å². The lowest BCUT2D eigenvalue weighted by Gasteiger charge is -2.10. The number of halogens is 1. The summed E-state index contributed by atoms with van der Waals surface area (Å²) in [7, 11) is 0. The highest BCUT2D eigenvalue weighted by atomic mass is 35.5. The third-order valence-electron chi connectivity index (χ3n) is 4.10. The van der Waals surface area contributed by atoms with Crippen molar-refractivity contribution in [3.8, 4) is 28.7 Å². The van der Waals surface area contributed by atoms with Crippen molar-refractivity contribution < 1.29 is 18.4 Å². The molecule has 0 atom stereocenters. The van der Waals surface area contributed by atoms with Gasteiger partial charge in [0.1, 0.15) is 12.4 Å². The molecule has 30 heavy (non-hydrogen) atoms. The van der Waals surface area contributed by atoms with E-state index in [1.165, 1.54) is 6.26 Å². The molecule has 4 aromatic rings. The molecule has 0 aliphatic heterocycles. The minimum atomic E-state index is -0.404. The first-order valence-electron chi connectivity index (χ1n) is 8.96. The normalized spacial score (nSPS) is 10.6. The van der Waals surface area contributed by atoms with Crippen molar-refractivity contribution in [1.29, 1.82) is 0 Å². The summed E-state index contributed by atoms with van der Waals surface area (Å²) >= 11 is 5.94. The van der Waals surface area contributed by atoms with Gasteiger partial charge >= 0.3 is 0 Å². The van der Waals surface area contributed by atoms with Gasteiger partial charge in [0.15, 0.2) is 5.76 Å². The molecule has 0 saturated carbocycles. The van der Waals surface area contributed by atoms with Crippen LogP contribution in [0.2, 0.25) is 5.02 Å². The van der Waals surface area contributed by atoms with E-state index in [1.807, 2.05) is 0 Å². The Kier molecular flexibility index (Phi) is 5.63. The lowest BCUT2D eigenvalue weighted by molar-refractivity contribution is 0.0996. The Balaban J connectivity index is 1.69. The third-order valence-corrected chi connectivity index (χ3v) is 4.35. The molecule has 0 fully saturated rings. The van der Waals surface area contributed by atoms with Gasteiger partial charge in [-0.3, -0.25) is 4.79 Å². The number of nitrogens with one attached hydrogen (secondary N) is 1. The quantitative estimate of drug-likeness (QED) is 0.398. The van der Waals surface area contributed by atoms with E-state index in [-0.39, 0.29) is 11.7 Å². The van der Waals surface area contributed by atoms with Gasteiger partial charge in [-0.2, -0.15) is 0 Å². The molecule has 150 valence electrons. The van der Waals surface area contributed by atoms with E-state index < -0.39 is 5.91 Å². The van der Waals surface area contributed by atoms with Crippen LogP contribution in [-0.4, -0.2) is 22.7 Å². The van der Waals surface area contributed by atoms with E-state index >= 15 is 0 Å². The van der Waals surface area contributed by atoms with Crippen molar-refractivity contribution in [2.45, 2.75) is 0 Å². The summed E-state index contributed by atoms with van der Waals surface area (Å²) in [4.78, 5) is 12.4. The van der Waals surface area contributed by atoms with E-state index in [4.69, 9.17) is 25.2 Å². The van der Waals surface area contributed by atoms with Gasteiger partial charge in [-0.15, -0.1) is 10.2 Å². The van der Waals surface area contributed by atoms with Crippen LogP contribution < -0.4 is 10.1 Å². The second-order valence-corrected chi connectivity index (χ2v) is 6.59. The number of furan rings is 1. The SMILES string of the molecule is C=CCOc1ccc(NC(=O)c2ccco2)c(-c2nnc(-c3ccc(Cl)cc3)o2)c1. The van der Waals surface area contributed by atoms with Crippen molar-refractivity contribution in [3.63, 3.8) is 0 Å². The number of benzene rings is 2. The monoisotopic (exact) mass is 421 g/mol. The maximum Gasteiger partial charge on any atom is 0.291 e. The number of carbonyl (C=O) groups excluding carboxylic acids is 1. The first kappa shape index (κ1) is 19.5. The van der Waals surface area contributed by atoms with Crippen LogP contribution in [0.4, 0.5) is 5.69 Å². The Morgan fingerprint density at radius 2 is 1.93 bits per heavy atom. The fourth-order valence-corrected chi connectivity index (χ4v) is 2.81. The van der Waals surface area contributed by atoms with E-state index in [2.05, 4.69) is 22.1 Å². The number of hydrogen-bond acceptors (Lipinski definition) is 6. The third kappa shape index (κ3) is 4.26. The van der Waals surface area contributed by atoms with Crippen LogP contribution in [-0.2, 0) is 0 Å². The predicted octanol–water partition coefficient (Wildman–Crippen LogP) is 5.47. The summed E-state index contributed by atoms with van der Waals surface area (Å²) in [5.74, 6) is 0.882. The Morgan fingerprint density at radius 3 is 2.67 bits per heavy atom. The summed E-state index contributed by atoms with van der Waals surface area (Å²) in [6, 6.07) is 15.4. The summed E-state index contributed by atoms with van der Waals surface area (Å²) in [6.45, 7) is 3.97. The number of anilines is 1. The van der Waals surface area contributed by atoms with E-state index in [9.17, 15) is 4.79 Å². The molecule has 0 saturated heterocycles. The summed E-state index contributed by atoms with van der Waals surface area (Å²) in [5.41, 5.74) is 1.69. The van der Waals surface area contributed by atoms with Crippen LogP contribution in [0.3, 0.4) is 0 Å². The summed E-state index contributed by atoms with van der Waals surface area (Å²) < 4.78 is 16.6. The van der Waals surface area contributed by atoms with Crippen LogP contribution in [0.5, 0.6) is 5.75 Å². The molecular weight excluding hydrogens is 406 g/mol. The highest BCUT2D eigenvalue weighted by Gasteiger charge is 2.18. The number of aromatic nitrogens is 2. The molecule has 0 unspecified atom stereocenters. The van der Waals surface area contributed by atoms with Crippen molar-refractivity contribution in [3.05, 3.63) is 84.3 Å². The fraction of sp³-hybridized carbons (Fsp3) is 0.0455. The van der Waals surface area contributed by atoms with Gasteiger partial charge in [0.2, 0.25) is 11.8 Å². The van der Waals surface area contributed by atoms with Crippen LogP contribution in [0.1, 0.15) is 10.6 Å². The molecule has 1 amide bonds. The molecule has 2 heterocycles. The number of nitrogens with zero attached hydrogens (tertiary/aromatic N) is 2. The zero-order valence-corrected chi connectivity index (χ0v) is 16.4. The molecule has 2 aromatic heterocycles. The molecule has 7 nitrogen and oxygen atoms in total. The lowest BCUT2D eigenvalue weighted by Crippen LogP contribution is -2.11. The molecule has 0 aliphatic rings. The highest BCUT2D eigenvalue weighted by Crippen LogP contribution is 2.33. The second kappa shape index (κ2) is 8.67. The van der Waals surface area contributed by atoms with Crippen LogP contribution in [0.25, 0.3) is 22.9 Å². The smallest absolute Gasteiger partial charge is 0.291 e. The Morgan fingerprint density at radius 1 is 1.13 bits per heavy atom. The Hall–Kier alpha value is -3.84. The first-order chi connectivity index (χ1) is 14.6. The molecular formula is C22H16ClN3O4. The number of amides is 1. The van der Waals surface area contributed by atoms with Crippen LogP contribution in [0.15, 0.2) is 82.3 Å². The maximum absolute atomic E-state index is 12.4. The van der Waals surface area contributed by atoms with Gasteiger partial charge in [0.25, 0.3) is 5.91 Å². The molecule has 0 spiro atoms. The van der Waals surface area contributed by atoms with E-state index in [1.54, 1.807) is 60.7 Å². The number of rotatable bonds is 7. The van der Waals surface area contributed by atoms with Crippen LogP contribution >= 0.6 is 11.6 Å². The zero-order valence-electron chi connectivity index (χ0n) is 15.7. The van der Waals surface area contributed by atoms with Gasteiger partial charge in [-0.25, -0.2) is 0 Å². The van der Waals surface area contributed by atoms with Gasteiger partial charge in [-0.05, 0) is 54.6 Å². The fourth-order valence-electron chi connectivity index (χ4n) is 2.69. The Labute approximate surface area is 176 Å². The highest BCUT2D eigenvalue weighted by molar-refractivity contribution is 6.30. The molecule has 8 heteroatoms. The van der Waals surface area contributed by atoms with Gasteiger partial charge in [0, 0.05) is 10.6 Å². The van der Waals surface area contributed by atoms with Gasteiger partial charge in [-0.1, -0.05) is 24.3 Å². The lowest BCUT2D eigenvalue weighted by atomic mass is 10.1. The molecule has 0 bridgehead atoms. The summed E-state index contributed by atoms with van der Waals surface area (Å²) in [5, 5.41) is 11.6. The van der Waals surface area contributed by atoms with Gasteiger partial charge < -0.3 is 18.9 Å². The molecule has 0 radical (unpaired) electrons. The predicted molar refractivity (Wildman–Crippen MR) is 113 cm³/mol. The summed E-state index contributed by atoms with van der Waals surface area (Å²) in [6.07, 6.45) is 3.07. The average Bonchev–Trinajstić information content (AvgIpc) is 3.46. The van der Waals surface area contributed by atoms with Crippen molar-refractivity contribution >= 4 is 23.2 Å². The molecule has 1 N–H and O–H groups in total. The largest absolute Gasteiger partial charge is 0.490 e. The van der Waals surface area contributed by atoms with Crippen LogP contribution in [0, 0.1) is 0 Å². The standard InChI is InChI=1S/C22H16ClN3O4/c1-2-11-28-16-9-10-18(24-20(27)19-4-3-12-29-19)17(13-16)22-26-25-21(30-22)14-5-7-15(23)8-6-14/h2-10,12-13H,1,11H2,(H,24,27). The minimum absolute atomic E-state index is 0.181. The van der Waals surface area contributed by atoms with Crippen molar-refractivity contribution in [2.75, 3.05) is 11.9 Å². The first-order valence-corrected chi connectivity index (χ1v) is 9.34. The van der Waals surface area contributed by atoms with E-state index in [0.29, 0.717) is 34.5 Å². The maximum atomic E-state index is 12.4. The van der Waals surface area contributed by atoms with Crippen molar-refractivity contribution in [1.82, 2.24) is 10.2 Å². The molecule has 0 aliphatic carbocycles. The average molecular weight is 422 g/mol. The molecule has 2 aromatic carbocycles. The second-order valence-electron chi connectivity index (χ2n) is 6.16. The van der Waals surface area contributed by atoms with Gasteiger partial charge in [0.05, 0.1) is 17.5 Å². The Bertz CT molecular complexity index is 1170.